The fourth-order valence-corrected chi connectivity index (χ4v) is 7.18. The van der Waals surface area contributed by atoms with E-state index < -0.39 is 12.0 Å². The average molecular weight is 596 g/mol. The van der Waals surface area contributed by atoms with E-state index in [1.807, 2.05) is 66.9 Å². The molecule has 6 nitrogen and oxygen atoms in total. The van der Waals surface area contributed by atoms with Crippen molar-refractivity contribution in [3.63, 3.8) is 0 Å². The van der Waals surface area contributed by atoms with E-state index in [1.165, 1.54) is 35.4 Å². The van der Waals surface area contributed by atoms with Crippen molar-refractivity contribution in [1.82, 2.24) is 4.57 Å². The Labute approximate surface area is 253 Å². The van der Waals surface area contributed by atoms with E-state index in [1.54, 1.807) is 23.3 Å². The molecule has 0 radical (unpaired) electrons. The summed E-state index contributed by atoms with van der Waals surface area (Å²) in [5.41, 5.74) is 5.78. The average Bonchev–Trinajstić information content (AvgIpc) is 3.65. The number of benzene rings is 3. The van der Waals surface area contributed by atoms with Crippen LogP contribution in [0.25, 0.3) is 11.8 Å². The van der Waals surface area contributed by atoms with Crippen LogP contribution in [0.5, 0.6) is 0 Å². The Hall–Kier alpha value is -3.88. The highest BCUT2D eigenvalue weighted by Gasteiger charge is 2.35. The molecule has 0 spiro atoms. The van der Waals surface area contributed by atoms with Gasteiger partial charge in [0, 0.05) is 29.2 Å². The van der Waals surface area contributed by atoms with Gasteiger partial charge in [0.25, 0.3) is 5.56 Å². The van der Waals surface area contributed by atoms with E-state index in [-0.39, 0.29) is 12.2 Å². The van der Waals surface area contributed by atoms with E-state index in [2.05, 4.69) is 30.0 Å². The van der Waals surface area contributed by atoms with Crippen molar-refractivity contribution in [3.8, 4) is 0 Å². The number of carbonyl (C=O) groups excluding carboxylic acids is 1. The molecule has 214 valence electrons. The summed E-state index contributed by atoms with van der Waals surface area (Å²) in [4.78, 5) is 36.8. The molecule has 1 fully saturated rings. The van der Waals surface area contributed by atoms with E-state index in [0.29, 0.717) is 20.6 Å². The summed E-state index contributed by atoms with van der Waals surface area (Å²) in [5.74, 6) is -0.471. The summed E-state index contributed by atoms with van der Waals surface area (Å²) in [7, 11) is 0. The maximum Gasteiger partial charge on any atom is 0.338 e. The predicted molar refractivity (Wildman–Crippen MR) is 172 cm³/mol. The van der Waals surface area contributed by atoms with Crippen molar-refractivity contribution in [2.75, 3.05) is 30.9 Å². The van der Waals surface area contributed by atoms with Gasteiger partial charge >= 0.3 is 5.97 Å². The Morgan fingerprint density at radius 3 is 2.48 bits per heavy atom. The van der Waals surface area contributed by atoms with Crippen molar-refractivity contribution in [1.29, 1.82) is 0 Å². The zero-order chi connectivity index (χ0) is 29.2. The Morgan fingerprint density at radius 1 is 1.07 bits per heavy atom. The molecular formula is C34H33N3O3S2. The van der Waals surface area contributed by atoms with Crippen LogP contribution in [0.15, 0.2) is 93.1 Å². The van der Waals surface area contributed by atoms with Crippen molar-refractivity contribution in [2.24, 2.45) is 4.99 Å². The van der Waals surface area contributed by atoms with Gasteiger partial charge in [0.15, 0.2) is 4.80 Å². The summed E-state index contributed by atoms with van der Waals surface area (Å²) in [6.07, 6.45) is 6.41. The van der Waals surface area contributed by atoms with Gasteiger partial charge < -0.3 is 9.64 Å². The molecule has 6 rings (SSSR count). The quantitative estimate of drug-likeness (QED) is 0.207. The van der Waals surface area contributed by atoms with Gasteiger partial charge in [-0.25, -0.2) is 9.79 Å². The Kier molecular flexibility index (Phi) is 8.18. The fraction of sp³-hybridized carbons (Fsp3) is 0.265. The minimum absolute atomic E-state index is 0.173. The molecule has 0 saturated carbocycles. The van der Waals surface area contributed by atoms with Crippen LogP contribution in [-0.4, -0.2) is 36.5 Å². The van der Waals surface area contributed by atoms with Crippen LogP contribution in [0.2, 0.25) is 0 Å². The lowest BCUT2D eigenvalue weighted by Gasteiger charge is -2.26. The normalized spacial score (nSPS) is 16.9. The number of aryl methyl sites for hydroxylation is 1. The number of anilines is 1. The predicted octanol–water partition coefficient (Wildman–Crippen LogP) is 5.57. The van der Waals surface area contributed by atoms with Gasteiger partial charge in [-0.15, -0.1) is 11.8 Å². The van der Waals surface area contributed by atoms with Gasteiger partial charge in [0.2, 0.25) is 0 Å². The topological polar surface area (TPSA) is 63.9 Å². The minimum atomic E-state index is -0.673. The number of rotatable bonds is 7. The lowest BCUT2D eigenvalue weighted by molar-refractivity contribution is -0.138. The Bertz CT molecular complexity index is 1830. The highest BCUT2D eigenvalue weighted by atomic mass is 32.2. The molecule has 0 amide bonds. The summed E-state index contributed by atoms with van der Waals surface area (Å²) in [6, 6.07) is 23.4. The molecule has 1 aromatic heterocycles. The number of nitrogens with zero attached hydrogens (tertiary/aromatic N) is 3. The standard InChI is InChI=1S/C34H33N3O3S2/c1-4-40-33(39)29-30(24-10-6-5-7-11-24)35-34-37(31(29)25-13-15-26(41-3)16-14-25)32(38)28(42-34)21-23-12-17-27(22(2)20-23)36-18-8-9-19-36/h5-7,10-17,20-21,31H,4,8-9,18-19H2,1-3H3/b28-21+/t31-/m0/s1. The number of aromatic nitrogens is 1. The third-order valence-corrected chi connectivity index (χ3v) is 9.50. The zero-order valence-corrected chi connectivity index (χ0v) is 25.6. The molecule has 4 aromatic rings. The van der Waals surface area contributed by atoms with E-state index in [4.69, 9.17) is 9.73 Å². The van der Waals surface area contributed by atoms with Crippen LogP contribution < -0.4 is 19.8 Å². The number of carbonyl (C=O) groups is 1. The Balaban J connectivity index is 1.55. The van der Waals surface area contributed by atoms with Crippen LogP contribution in [0.3, 0.4) is 0 Å². The lowest BCUT2D eigenvalue weighted by atomic mass is 9.93. The van der Waals surface area contributed by atoms with Crippen LogP contribution in [-0.2, 0) is 9.53 Å². The minimum Gasteiger partial charge on any atom is -0.463 e. The molecular weight excluding hydrogens is 563 g/mol. The summed E-state index contributed by atoms with van der Waals surface area (Å²) in [5, 5.41) is 0. The third-order valence-electron chi connectivity index (χ3n) is 7.77. The fourth-order valence-electron chi connectivity index (χ4n) is 5.77. The van der Waals surface area contributed by atoms with Gasteiger partial charge in [-0.1, -0.05) is 59.9 Å². The maximum atomic E-state index is 14.2. The number of thiazole rings is 1. The first kappa shape index (κ1) is 28.2. The molecule has 1 saturated heterocycles. The summed E-state index contributed by atoms with van der Waals surface area (Å²) in [6.45, 7) is 6.31. The zero-order valence-electron chi connectivity index (χ0n) is 24.0. The molecule has 8 heteroatoms. The van der Waals surface area contributed by atoms with Crippen molar-refractivity contribution in [3.05, 3.63) is 120 Å². The molecule has 0 bridgehead atoms. The molecule has 0 N–H and O–H groups in total. The maximum absolute atomic E-state index is 14.2. The lowest BCUT2D eigenvalue weighted by Crippen LogP contribution is -2.40. The van der Waals surface area contributed by atoms with Crippen molar-refractivity contribution < 1.29 is 9.53 Å². The highest BCUT2D eigenvalue weighted by Crippen LogP contribution is 2.35. The number of ether oxygens (including phenoxy) is 1. The molecule has 2 aliphatic heterocycles. The van der Waals surface area contributed by atoms with Crippen LogP contribution in [0.1, 0.15) is 48.1 Å². The largest absolute Gasteiger partial charge is 0.463 e. The molecule has 0 unspecified atom stereocenters. The van der Waals surface area contributed by atoms with Gasteiger partial charge in [-0.05, 0) is 80.0 Å². The smallest absolute Gasteiger partial charge is 0.338 e. The van der Waals surface area contributed by atoms with Gasteiger partial charge in [-0.3, -0.25) is 9.36 Å². The molecule has 3 heterocycles. The first-order valence-corrected chi connectivity index (χ1v) is 16.3. The van der Waals surface area contributed by atoms with Crippen LogP contribution >= 0.6 is 23.1 Å². The highest BCUT2D eigenvalue weighted by molar-refractivity contribution is 7.98. The van der Waals surface area contributed by atoms with E-state index in [0.717, 1.165) is 34.7 Å². The van der Waals surface area contributed by atoms with E-state index in [9.17, 15) is 9.59 Å². The van der Waals surface area contributed by atoms with E-state index >= 15 is 0 Å². The molecule has 1 atom stereocenters. The first-order valence-electron chi connectivity index (χ1n) is 14.3. The molecule has 0 aliphatic carbocycles. The SMILES string of the molecule is CCOC(=O)C1=C(c2ccccc2)N=c2s/c(=C/c3ccc(N4CCCC4)c(C)c3)c(=O)n2[C@H]1c1ccc(SC)cc1. The number of hydrogen-bond acceptors (Lipinski definition) is 7. The second-order valence-electron chi connectivity index (χ2n) is 10.4. The van der Waals surface area contributed by atoms with Crippen LogP contribution in [0, 0.1) is 6.92 Å². The molecule has 42 heavy (non-hydrogen) atoms. The van der Waals surface area contributed by atoms with Crippen LogP contribution in [0.4, 0.5) is 5.69 Å². The molecule has 2 aliphatic rings. The van der Waals surface area contributed by atoms with Crippen molar-refractivity contribution in [2.45, 2.75) is 37.6 Å². The number of fused-ring (bicyclic) bond motifs is 1. The Morgan fingerprint density at radius 2 is 1.81 bits per heavy atom. The monoisotopic (exact) mass is 595 g/mol. The second kappa shape index (κ2) is 12.2. The number of thioether (sulfide) groups is 1. The second-order valence-corrected chi connectivity index (χ2v) is 12.3. The number of hydrogen-bond donors (Lipinski definition) is 0. The van der Waals surface area contributed by atoms with Gasteiger partial charge in [0.1, 0.15) is 0 Å². The third kappa shape index (κ3) is 5.37. The summed E-state index contributed by atoms with van der Waals surface area (Å²) < 4.78 is 7.80. The van der Waals surface area contributed by atoms with Gasteiger partial charge in [0.05, 0.1) is 28.5 Å². The number of esters is 1. The van der Waals surface area contributed by atoms with Gasteiger partial charge in [-0.2, -0.15) is 0 Å². The first-order chi connectivity index (χ1) is 20.5. The van der Waals surface area contributed by atoms with Crippen molar-refractivity contribution >= 4 is 46.5 Å². The molecule has 3 aromatic carbocycles. The summed E-state index contributed by atoms with van der Waals surface area (Å²) >= 11 is 3.00.